The number of nitrogen functional groups attached to an aromatic ring is 2. The number of aliphatic hydroxyl groups excluding tert-OH is 3. The van der Waals surface area contributed by atoms with E-state index in [0.29, 0.717) is 0 Å². The van der Waals surface area contributed by atoms with Gasteiger partial charge in [-0.3, -0.25) is 33.3 Å². The zero-order valence-corrected chi connectivity index (χ0v) is 30.8. The molecule has 0 amide bonds. The van der Waals surface area contributed by atoms with E-state index in [2.05, 4.69) is 37.6 Å². The number of aromatic amines is 2. The zero-order chi connectivity index (χ0) is 39.7. The summed E-state index contributed by atoms with van der Waals surface area (Å²) in [5.41, 5.74) is 10.3. The van der Waals surface area contributed by atoms with Gasteiger partial charge in [0.15, 0.2) is 24.1 Å². The maximum atomic E-state index is 12.5. The maximum absolute atomic E-state index is 12.5. The summed E-state index contributed by atoms with van der Waals surface area (Å²) in [6, 6.07) is 0. The lowest BCUT2D eigenvalue weighted by Gasteiger charge is -2.35. The highest BCUT2D eigenvalue weighted by Crippen LogP contribution is 2.63. The highest BCUT2D eigenvalue weighted by molar-refractivity contribution is 7.65. The number of nitrogens with two attached hydrogens (primary N) is 2. The van der Waals surface area contributed by atoms with Crippen LogP contribution in [-0.4, -0.2) is 132 Å². The number of fused-ring (bicyclic) bond motifs is 2. The van der Waals surface area contributed by atoms with Gasteiger partial charge in [0, 0.05) is 21.2 Å². The number of hydrogen-bond donors (Lipinski definition) is 7. The molecular formula is C23H34N10O18P3-3. The lowest BCUT2D eigenvalue weighted by molar-refractivity contribution is -0.252. The number of phosphoric ester groups is 2. The second kappa shape index (κ2) is 14.7. The number of aromatic nitrogens is 4. The van der Waals surface area contributed by atoms with Crippen LogP contribution >= 0.6 is 23.5 Å². The van der Waals surface area contributed by atoms with Gasteiger partial charge in [-0.25, -0.2) is 8.62 Å². The average molecular weight is 831 g/mol. The molecule has 11 atom stereocenters. The Bertz CT molecular complexity index is 2030. The third-order valence-electron chi connectivity index (χ3n) is 8.56. The van der Waals surface area contributed by atoms with Crippen LogP contribution in [0, 0.1) is 0 Å². The van der Waals surface area contributed by atoms with Crippen LogP contribution in [-0.2, 0) is 45.6 Å². The highest BCUT2D eigenvalue weighted by Gasteiger charge is 2.51. The summed E-state index contributed by atoms with van der Waals surface area (Å²) in [6.45, 7) is -2.34. The van der Waals surface area contributed by atoms with Crippen LogP contribution < -0.4 is 56.9 Å². The molecule has 2 aromatic heterocycles. The van der Waals surface area contributed by atoms with E-state index in [9.17, 15) is 53.3 Å². The summed E-state index contributed by atoms with van der Waals surface area (Å²) < 4.78 is 70.5. The molecule has 54 heavy (non-hydrogen) atoms. The van der Waals surface area contributed by atoms with E-state index in [-0.39, 0.29) is 48.2 Å². The number of methoxy groups -OCH3 is 1. The SMILES string of the molecule is COC1C(O)[C@@H](COP(=O)([O-])OP(=O)([O-])OP(=O)([O-])OC[C@H]2O[C@@H](N3CN(C)c4c3nc(N)[nH]c4=O)C(O)[C@H]2O)O[C@H]1N1CN(C)c2c1nc(N)[nH]c2=O. The van der Waals surface area contributed by atoms with Crippen molar-refractivity contribution in [3.05, 3.63) is 20.7 Å². The molecule has 9 N–H and O–H groups in total. The third-order valence-corrected chi connectivity index (χ3v) is 12.7. The van der Waals surface area contributed by atoms with Crippen LogP contribution in [0.3, 0.4) is 0 Å². The van der Waals surface area contributed by atoms with Crippen LogP contribution in [0.1, 0.15) is 0 Å². The Kier molecular flexibility index (Phi) is 11.0. The predicted molar refractivity (Wildman–Crippen MR) is 173 cm³/mol. The van der Waals surface area contributed by atoms with Crippen molar-refractivity contribution in [3.8, 4) is 0 Å². The quantitative estimate of drug-likeness (QED) is 0.0924. The molecular weight excluding hydrogens is 797 g/mol. The summed E-state index contributed by atoms with van der Waals surface area (Å²) in [7, 11) is -14.1. The van der Waals surface area contributed by atoms with E-state index < -0.39 is 96.9 Å². The monoisotopic (exact) mass is 831 g/mol. The maximum Gasteiger partial charge on any atom is 0.280 e. The zero-order valence-electron chi connectivity index (χ0n) is 28.1. The van der Waals surface area contributed by atoms with E-state index >= 15 is 0 Å². The Balaban J connectivity index is 1.03. The lowest BCUT2D eigenvalue weighted by atomic mass is 10.1. The molecule has 6 rings (SSSR count). The van der Waals surface area contributed by atoms with Gasteiger partial charge in [0.25, 0.3) is 34.6 Å². The first-order valence-electron chi connectivity index (χ1n) is 15.4. The van der Waals surface area contributed by atoms with Gasteiger partial charge in [-0.15, -0.1) is 0 Å². The number of aliphatic hydroxyl groups is 3. The number of phosphoric acid groups is 3. The molecule has 4 aliphatic heterocycles. The first-order chi connectivity index (χ1) is 25.1. The molecule has 0 bridgehead atoms. The number of nitrogens with zero attached hydrogens (tertiary/aromatic N) is 6. The van der Waals surface area contributed by atoms with Crippen molar-refractivity contribution in [2.75, 3.05) is 78.8 Å². The van der Waals surface area contributed by atoms with Gasteiger partial charge >= 0.3 is 0 Å². The van der Waals surface area contributed by atoms with Crippen molar-refractivity contribution in [2.24, 2.45) is 0 Å². The lowest BCUT2D eigenvalue weighted by Crippen LogP contribution is -2.46. The van der Waals surface area contributed by atoms with Gasteiger partial charge in [-0.2, -0.15) is 9.97 Å². The molecule has 2 aromatic rings. The van der Waals surface area contributed by atoms with Crippen molar-refractivity contribution < 1.29 is 75.6 Å². The van der Waals surface area contributed by atoms with Crippen molar-refractivity contribution >= 4 is 58.4 Å². The molecule has 28 nitrogen and oxygen atoms in total. The van der Waals surface area contributed by atoms with E-state index in [1.807, 2.05) is 0 Å². The Labute approximate surface area is 302 Å². The van der Waals surface area contributed by atoms with Crippen LogP contribution in [0.5, 0.6) is 0 Å². The second-order valence-electron chi connectivity index (χ2n) is 12.3. The Morgan fingerprint density at radius 3 is 1.65 bits per heavy atom. The molecule has 302 valence electrons. The average Bonchev–Trinajstić information content (AvgIpc) is 3.74. The van der Waals surface area contributed by atoms with Gasteiger partial charge in [-0.05, 0) is 0 Å². The Morgan fingerprint density at radius 1 is 0.759 bits per heavy atom. The fourth-order valence-corrected chi connectivity index (χ4v) is 9.67. The number of anilines is 6. The van der Waals surface area contributed by atoms with E-state index in [4.69, 9.17) is 25.7 Å². The number of H-pyrrole nitrogens is 2. The highest BCUT2D eigenvalue weighted by atomic mass is 31.3. The molecule has 4 aliphatic rings. The Hall–Kier alpha value is -3.27. The first-order valence-corrected chi connectivity index (χ1v) is 19.8. The molecule has 2 fully saturated rings. The largest absolute Gasteiger partial charge is 0.756 e. The summed E-state index contributed by atoms with van der Waals surface area (Å²) >= 11 is 0. The van der Waals surface area contributed by atoms with Crippen molar-refractivity contribution in [3.63, 3.8) is 0 Å². The molecule has 0 aromatic carbocycles. The van der Waals surface area contributed by atoms with Crippen LogP contribution in [0.15, 0.2) is 9.59 Å². The summed E-state index contributed by atoms with van der Waals surface area (Å²) in [4.78, 5) is 80.3. The van der Waals surface area contributed by atoms with E-state index in [1.54, 1.807) is 7.05 Å². The normalized spacial score (nSPS) is 31.4. The minimum absolute atomic E-state index is 0.0102. The molecule has 0 aliphatic carbocycles. The molecule has 31 heteroatoms. The molecule has 2 saturated heterocycles. The summed E-state index contributed by atoms with van der Waals surface area (Å²) in [5.74, 6) is -0.470. The molecule has 0 radical (unpaired) electrons. The standard InChI is InChI=1S/C23H37N10O18P3/c1-30-6-32(16-10(30)18(37)28-22(24)26-16)20-14(36)12(34)8(48-20)4-46-52(39,40)50-54(43,44)51-53(41,42)47-5-9-13(35)15(45-3)21(49-9)33-7-31(2)11-17(33)27-23(25)29-19(11)38/h8-9,12-15,20-21,34-36H,4-7H2,1-3H3,(H,39,40)(H,41,42)(H,43,44)(H3,24,26,28,37)(H3,25,27,29,38)/p-3/t8-,9-,12+,13?,14?,15?,20-,21-/m1/s1. The molecule has 6 heterocycles. The van der Waals surface area contributed by atoms with Gasteiger partial charge in [0.2, 0.25) is 11.9 Å². The summed E-state index contributed by atoms with van der Waals surface area (Å²) in [5, 5.41) is 31.9. The van der Waals surface area contributed by atoms with Crippen molar-refractivity contribution in [1.82, 2.24) is 19.9 Å². The minimum atomic E-state index is -6.35. The van der Waals surface area contributed by atoms with E-state index in [0.717, 1.165) is 0 Å². The summed E-state index contributed by atoms with van der Waals surface area (Å²) in [6.07, 6.45) is -12.2. The smallest absolute Gasteiger partial charge is 0.280 e. The number of ether oxygens (including phenoxy) is 3. The van der Waals surface area contributed by atoms with Gasteiger partial charge < -0.3 is 84.3 Å². The predicted octanol–water partition coefficient (Wildman–Crippen LogP) is -5.84. The fraction of sp³-hybridized carbons (Fsp3) is 0.652. The van der Waals surface area contributed by atoms with Crippen LogP contribution in [0.4, 0.5) is 34.9 Å². The topological polar surface area (TPSA) is 402 Å². The molecule has 0 spiro atoms. The van der Waals surface area contributed by atoms with Crippen molar-refractivity contribution in [2.45, 2.75) is 49.1 Å². The van der Waals surface area contributed by atoms with Gasteiger partial charge in [0.05, 0.1) is 26.6 Å². The Morgan fingerprint density at radius 2 is 1.19 bits per heavy atom. The van der Waals surface area contributed by atoms with Crippen molar-refractivity contribution in [1.29, 1.82) is 0 Å². The van der Waals surface area contributed by atoms with Gasteiger partial charge in [0.1, 0.15) is 48.0 Å². The second-order valence-corrected chi connectivity index (χ2v) is 16.8. The number of nitrogens with one attached hydrogen (secondary N) is 2. The van der Waals surface area contributed by atoms with E-state index in [1.165, 1.54) is 33.8 Å². The van der Waals surface area contributed by atoms with Gasteiger partial charge in [-0.1, -0.05) is 0 Å². The molecule has 0 saturated carbocycles. The van der Waals surface area contributed by atoms with Crippen LogP contribution in [0.25, 0.3) is 0 Å². The minimum Gasteiger partial charge on any atom is -0.756 e. The fourth-order valence-electron chi connectivity index (χ4n) is 6.29. The molecule has 6 unspecified atom stereocenters. The number of rotatable bonds is 13. The number of hydrogen-bond acceptors (Lipinski definition) is 26. The van der Waals surface area contributed by atoms with Crippen LogP contribution in [0.2, 0.25) is 0 Å². The third kappa shape index (κ3) is 7.88. The first kappa shape index (κ1) is 40.4.